The molecule has 0 fully saturated rings. The van der Waals surface area contributed by atoms with Crippen LogP contribution in [-0.2, 0) is 0 Å². The molecule has 0 bridgehead atoms. The van der Waals surface area contributed by atoms with Crippen molar-refractivity contribution in [1.29, 1.82) is 0 Å². The van der Waals surface area contributed by atoms with Gasteiger partial charge in [-0.05, 0) is 84.9 Å². The number of rotatable bonds is 8. The molecule has 0 unspecified atom stereocenters. The smallest absolute Gasteiger partial charge is 0.343 e. The van der Waals surface area contributed by atoms with E-state index in [1.165, 1.54) is 0 Å². The van der Waals surface area contributed by atoms with Crippen molar-refractivity contribution in [3.63, 3.8) is 0 Å². The SMILES string of the molecule is O=C(Oc1ccccc1)c1cccc(Oc2ccc(Oc3cccc(C(=O)Oc4ccccc4)c3)cc2)c1. The third-order valence-corrected chi connectivity index (χ3v) is 5.34. The van der Waals surface area contributed by atoms with E-state index in [-0.39, 0.29) is 0 Å². The zero-order valence-corrected chi connectivity index (χ0v) is 20.2. The Morgan fingerprint density at radius 1 is 0.368 bits per heavy atom. The van der Waals surface area contributed by atoms with Gasteiger partial charge in [0.2, 0.25) is 0 Å². The highest BCUT2D eigenvalue weighted by molar-refractivity contribution is 5.92. The van der Waals surface area contributed by atoms with E-state index >= 15 is 0 Å². The van der Waals surface area contributed by atoms with Crippen molar-refractivity contribution in [3.8, 4) is 34.5 Å². The second kappa shape index (κ2) is 11.6. The maximum Gasteiger partial charge on any atom is 0.343 e. The van der Waals surface area contributed by atoms with Gasteiger partial charge in [-0.2, -0.15) is 0 Å². The topological polar surface area (TPSA) is 71.1 Å². The molecular weight excluding hydrogens is 480 g/mol. The van der Waals surface area contributed by atoms with Gasteiger partial charge in [0.25, 0.3) is 0 Å². The molecule has 0 aromatic heterocycles. The molecule has 0 spiro atoms. The molecule has 0 aliphatic rings. The molecule has 38 heavy (non-hydrogen) atoms. The summed E-state index contributed by atoms with van der Waals surface area (Å²) in [5.74, 6) is 2.10. The monoisotopic (exact) mass is 502 g/mol. The molecule has 0 heterocycles. The van der Waals surface area contributed by atoms with Crippen LogP contribution in [0.3, 0.4) is 0 Å². The van der Waals surface area contributed by atoms with Crippen molar-refractivity contribution in [3.05, 3.63) is 145 Å². The van der Waals surface area contributed by atoms with Crippen LogP contribution in [0.2, 0.25) is 0 Å². The lowest BCUT2D eigenvalue weighted by Gasteiger charge is -2.10. The predicted molar refractivity (Wildman–Crippen MR) is 142 cm³/mol. The van der Waals surface area contributed by atoms with Gasteiger partial charge >= 0.3 is 11.9 Å². The van der Waals surface area contributed by atoms with Gasteiger partial charge in [-0.25, -0.2) is 9.59 Å². The number of esters is 2. The molecule has 5 rings (SSSR count). The van der Waals surface area contributed by atoms with E-state index in [4.69, 9.17) is 18.9 Å². The molecule has 5 aromatic carbocycles. The molecule has 0 saturated carbocycles. The third-order valence-electron chi connectivity index (χ3n) is 5.34. The molecule has 0 radical (unpaired) electrons. The maximum absolute atomic E-state index is 12.5. The first-order valence-corrected chi connectivity index (χ1v) is 11.8. The van der Waals surface area contributed by atoms with E-state index in [2.05, 4.69) is 0 Å². The van der Waals surface area contributed by atoms with Crippen LogP contribution in [0.25, 0.3) is 0 Å². The highest BCUT2D eigenvalue weighted by Gasteiger charge is 2.12. The van der Waals surface area contributed by atoms with Gasteiger partial charge in [-0.1, -0.05) is 48.5 Å². The van der Waals surface area contributed by atoms with E-state index in [0.717, 1.165) is 0 Å². The number of ether oxygens (including phenoxy) is 4. The minimum Gasteiger partial charge on any atom is -0.457 e. The van der Waals surface area contributed by atoms with E-state index in [9.17, 15) is 9.59 Å². The van der Waals surface area contributed by atoms with Crippen LogP contribution in [0.4, 0.5) is 0 Å². The summed E-state index contributed by atoms with van der Waals surface area (Å²) in [4.78, 5) is 24.9. The highest BCUT2D eigenvalue weighted by Crippen LogP contribution is 2.28. The van der Waals surface area contributed by atoms with Crippen LogP contribution in [0.5, 0.6) is 34.5 Å². The second-order valence-electron chi connectivity index (χ2n) is 8.14. The molecule has 0 amide bonds. The van der Waals surface area contributed by atoms with Crippen molar-refractivity contribution in [2.45, 2.75) is 0 Å². The Labute approximate surface area is 219 Å². The lowest BCUT2D eigenvalue weighted by Crippen LogP contribution is -2.08. The number of carbonyl (C=O) groups is 2. The van der Waals surface area contributed by atoms with Crippen molar-refractivity contribution < 1.29 is 28.5 Å². The average Bonchev–Trinajstić information content (AvgIpc) is 2.95. The largest absolute Gasteiger partial charge is 0.457 e. The maximum atomic E-state index is 12.5. The first-order valence-electron chi connectivity index (χ1n) is 11.8. The van der Waals surface area contributed by atoms with Crippen molar-refractivity contribution in [2.24, 2.45) is 0 Å². The van der Waals surface area contributed by atoms with Crippen LogP contribution < -0.4 is 18.9 Å². The van der Waals surface area contributed by atoms with Gasteiger partial charge in [0.1, 0.15) is 34.5 Å². The summed E-state index contributed by atoms with van der Waals surface area (Å²) >= 11 is 0. The zero-order valence-electron chi connectivity index (χ0n) is 20.2. The lowest BCUT2D eigenvalue weighted by atomic mass is 10.2. The van der Waals surface area contributed by atoms with Gasteiger partial charge in [0.05, 0.1) is 11.1 Å². The van der Waals surface area contributed by atoms with Gasteiger partial charge in [-0.15, -0.1) is 0 Å². The molecule has 0 aliphatic carbocycles. The van der Waals surface area contributed by atoms with Crippen molar-refractivity contribution >= 4 is 11.9 Å². The quantitative estimate of drug-likeness (QED) is 0.160. The van der Waals surface area contributed by atoms with E-state index < -0.39 is 11.9 Å². The van der Waals surface area contributed by atoms with Crippen molar-refractivity contribution in [1.82, 2.24) is 0 Å². The number of carbonyl (C=O) groups excluding carboxylic acids is 2. The molecule has 186 valence electrons. The first-order chi connectivity index (χ1) is 18.6. The summed E-state index contributed by atoms with van der Waals surface area (Å²) in [6.07, 6.45) is 0. The normalized spacial score (nSPS) is 10.3. The molecule has 0 atom stereocenters. The Kier molecular flexibility index (Phi) is 7.42. The number of benzene rings is 5. The molecule has 0 N–H and O–H groups in total. The van der Waals surface area contributed by atoms with Gasteiger partial charge in [0, 0.05) is 0 Å². The standard InChI is InChI=1S/C32H22O6/c33-31(37-25-11-3-1-4-12-25)23-9-7-15-29(21-23)35-27-17-19-28(20-18-27)36-30-16-8-10-24(22-30)32(34)38-26-13-5-2-6-14-26/h1-22H. The Morgan fingerprint density at radius 3 is 1.13 bits per heavy atom. The van der Waals surface area contributed by atoms with Gasteiger partial charge in [0.15, 0.2) is 0 Å². The molecule has 6 nitrogen and oxygen atoms in total. The number of hydrogen-bond acceptors (Lipinski definition) is 6. The molecule has 0 aliphatic heterocycles. The second-order valence-corrected chi connectivity index (χ2v) is 8.14. The fraction of sp³-hybridized carbons (Fsp3) is 0. The lowest BCUT2D eigenvalue weighted by molar-refractivity contribution is 0.0725. The Balaban J connectivity index is 1.20. The van der Waals surface area contributed by atoms with Crippen LogP contribution >= 0.6 is 0 Å². The van der Waals surface area contributed by atoms with Crippen LogP contribution in [0, 0.1) is 0 Å². The van der Waals surface area contributed by atoms with Gasteiger partial charge < -0.3 is 18.9 Å². The minimum atomic E-state index is -0.472. The van der Waals surface area contributed by atoms with E-state index in [1.54, 1.807) is 121 Å². The Bertz CT molecular complexity index is 1410. The van der Waals surface area contributed by atoms with Crippen molar-refractivity contribution in [2.75, 3.05) is 0 Å². The van der Waals surface area contributed by atoms with Gasteiger partial charge in [-0.3, -0.25) is 0 Å². The number of hydrogen-bond donors (Lipinski definition) is 0. The Hall–Kier alpha value is -5.36. The zero-order chi connectivity index (χ0) is 26.2. The summed E-state index contributed by atoms with van der Waals surface area (Å²) in [5, 5.41) is 0. The van der Waals surface area contributed by atoms with Crippen LogP contribution in [0.15, 0.2) is 133 Å². The number of para-hydroxylation sites is 2. The molecule has 0 saturated heterocycles. The van der Waals surface area contributed by atoms with E-state index in [1.807, 2.05) is 12.1 Å². The summed E-state index contributed by atoms with van der Waals surface area (Å²) in [7, 11) is 0. The molecule has 5 aromatic rings. The summed E-state index contributed by atoms with van der Waals surface area (Å²) < 4.78 is 22.6. The summed E-state index contributed by atoms with van der Waals surface area (Å²) in [5.41, 5.74) is 0.744. The fourth-order valence-electron chi connectivity index (χ4n) is 3.53. The first kappa shape index (κ1) is 24.3. The average molecular weight is 503 g/mol. The summed E-state index contributed by atoms with van der Waals surface area (Å²) in [6, 6.07) is 38.3. The van der Waals surface area contributed by atoms with Crippen LogP contribution in [0.1, 0.15) is 20.7 Å². The fourth-order valence-corrected chi connectivity index (χ4v) is 3.53. The minimum absolute atomic E-state index is 0.372. The highest BCUT2D eigenvalue weighted by atomic mass is 16.5. The van der Waals surface area contributed by atoms with Crippen LogP contribution in [-0.4, -0.2) is 11.9 Å². The Morgan fingerprint density at radius 2 is 0.737 bits per heavy atom. The molecule has 6 heteroatoms. The third kappa shape index (κ3) is 6.44. The molecular formula is C32H22O6. The predicted octanol–water partition coefficient (Wildman–Crippen LogP) is 7.71. The van der Waals surface area contributed by atoms with E-state index in [0.29, 0.717) is 45.6 Å². The summed E-state index contributed by atoms with van der Waals surface area (Å²) in [6.45, 7) is 0.